The number of carbonyl (C=O) groups excluding carboxylic acids is 2. The van der Waals surface area contributed by atoms with Crippen molar-refractivity contribution in [1.82, 2.24) is 0 Å². The van der Waals surface area contributed by atoms with Crippen molar-refractivity contribution in [2.75, 3.05) is 13.2 Å². The molecule has 22 heavy (non-hydrogen) atoms. The van der Waals surface area contributed by atoms with Gasteiger partial charge < -0.3 is 14.6 Å². The molecule has 1 spiro atoms. The summed E-state index contributed by atoms with van der Waals surface area (Å²) in [6.45, 7) is 3.44. The minimum Gasteiger partial charge on any atom is -0.489 e. The van der Waals surface area contributed by atoms with Gasteiger partial charge in [-0.3, -0.25) is 9.59 Å². The molecule has 1 saturated carbocycles. The van der Waals surface area contributed by atoms with E-state index in [-0.39, 0.29) is 24.8 Å². The first-order valence-corrected chi connectivity index (χ1v) is 7.29. The summed E-state index contributed by atoms with van der Waals surface area (Å²) < 4.78 is 11.4. The van der Waals surface area contributed by atoms with Gasteiger partial charge in [-0.15, -0.1) is 0 Å². The molecule has 1 aromatic rings. The minimum absolute atomic E-state index is 0.0345. The molecule has 0 saturated heterocycles. The SMILES string of the molecule is CC(=O)c1cc2c(cc1OC/C=C(\C)CO)OC1(CC1)C2=O. The zero-order valence-electron chi connectivity index (χ0n) is 12.6. The van der Waals surface area contributed by atoms with E-state index in [1.54, 1.807) is 25.1 Å². The van der Waals surface area contributed by atoms with Crippen molar-refractivity contribution in [3.63, 3.8) is 0 Å². The standard InChI is InChI=1S/C17H18O5/c1-10(9-18)3-6-21-14-8-15-13(7-12(14)11(2)19)16(20)17(22-15)4-5-17/h3,7-8,18H,4-6,9H2,1-2H3/b10-3+. The van der Waals surface area contributed by atoms with Crippen molar-refractivity contribution in [2.24, 2.45) is 0 Å². The Hall–Kier alpha value is -2.14. The summed E-state index contributed by atoms with van der Waals surface area (Å²) in [5, 5.41) is 8.96. The number of hydrogen-bond acceptors (Lipinski definition) is 5. The van der Waals surface area contributed by atoms with Crippen molar-refractivity contribution in [3.8, 4) is 11.5 Å². The van der Waals surface area contributed by atoms with E-state index in [2.05, 4.69) is 0 Å². The number of rotatable bonds is 5. The molecular weight excluding hydrogens is 284 g/mol. The maximum Gasteiger partial charge on any atom is 0.210 e. The van der Waals surface area contributed by atoms with Gasteiger partial charge in [0.2, 0.25) is 5.78 Å². The van der Waals surface area contributed by atoms with Crippen molar-refractivity contribution < 1.29 is 24.2 Å². The number of hydrogen-bond donors (Lipinski definition) is 1. The van der Waals surface area contributed by atoms with Crippen LogP contribution >= 0.6 is 0 Å². The fraction of sp³-hybridized carbons (Fsp3) is 0.412. The van der Waals surface area contributed by atoms with Gasteiger partial charge in [0.15, 0.2) is 11.4 Å². The van der Waals surface area contributed by atoms with Crippen LogP contribution in [-0.4, -0.2) is 35.5 Å². The highest BCUT2D eigenvalue weighted by molar-refractivity contribution is 6.11. The normalized spacial score (nSPS) is 18.1. The molecule has 1 aromatic carbocycles. The highest BCUT2D eigenvalue weighted by Crippen LogP contribution is 2.51. The molecule has 1 fully saturated rings. The Morgan fingerprint density at radius 1 is 1.41 bits per heavy atom. The molecule has 1 aliphatic carbocycles. The van der Waals surface area contributed by atoms with Gasteiger partial charge in [0.05, 0.1) is 17.7 Å². The van der Waals surface area contributed by atoms with Gasteiger partial charge in [-0.25, -0.2) is 0 Å². The Kier molecular flexibility index (Phi) is 3.53. The van der Waals surface area contributed by atoms with E-state index in [1.165, 1.54) is 6.92 Å². The van der Waals surface area contributed by atoms with Gasteiger partial charge in [0.1, 0.15) is 18.1 Å². The Balaban J connectivity index is 1.90. The topological polar surface area (TPSA) is 72.8 Å². The number of ketones is 2. The van der Waals surface area contributed by atoms with Gasteiger partial charge in [-0.05, 0) is 44.4 Å². The van der Waals surface area contributed by atoms with Gasteiger partial charge in [-0.2, -0.15) is 0 Å². The zero-order chi connectivity index (χ0) is 15.9. The van der Waals surface area contributed by atoms with E-state index in [9.17, 15) is 9.59 Å². The minimum atomic E-state index is -0.678. The van der Waals surface area contributed by atoms with Crippen LogP contribution in [-0.2, 0) is 0 Å². The first kappa shape index (κ1) is 14.8. The number of Topliss-reactive ketones (excluding diaryl/α,β-unsaturated/α-hetero) is 2. The third kappa shape index (κ3) is 2.41. The highest BCUT2D eigenvalue weighted by Gasteiger charge is 2.57. The first-order valence-electron chi connectivity index (χ1n) is 7.29. The van der Waals surface area contributed by atoms with Crippen LogP contribution in [0, 0.1) is 0 Å². The van der Waals surface area contributed by atoms with Crippen molar-refractivity contribution >= 4 is 11.6 Å². The molecule has 116 valence electrons. The summed E-state index contributed by atoms with van der Waals surface area (Å²) in [5.41, 5.74) is 0.956. The Bertz CT molecular complexity index is 683. The lowest BCUT2D eigenvalue weighted by atomic mass is 10.0. The number of benzene rings is 1. The lowest BCUT2D eigenvalue weighted by Gasteiger charge is -2.10. The molecule has 1 aliphatic heterocycles. The van der Waals surface area contributed by atoms with Crippen LogP contribution in [0.4, 0.5) is 0 Å². The van der Waals surface area contributed by atoms with Crippen LogP contribution in [0.5, 0.6) is 11.5 Å². The second kappa shape index (κ2) is 5.25. The second-order valence-electron chi connectivity index (χ2n) is 5.85. The smallest absolute Gasteiger partial charge is 0.210 e. The van der Waals surface area contributed by atoms with Crippen LogP contribution in [0.15, 0.2) is 23.8 Å². The lowest BCUT2D eigenvalue weighted by Crippen LogP contribution is -2.21. The van der Waals surface area contributed by atoms with Gasteiger partial charge in [0, 0.05) is 6.07 Å². The zero-order valence-corrected chi connectivity index (χ0v) is 12.6. The third-order valence-corrected chi connectivity index (χ3v) is 4.05. The van der Waals surface area contributed by atoms with Gasteiger partial charge >= 0.3 is 0 Å². The number of aliphatic hydroxyl groups is 1. The summed E-state index contributed by atoms with van der Waals surface area (Å²) in [6, 6.07) is 3.20. The molecule has 5 heteroatoms. The van der Waals surface area contributed by atoms with Crippen LogP contribution in [0.1, 0.15) is 47.4 Å². The Labute approximate surface area is 128 Å². The second-order valence-corrected chi connectivity index (χ2v) is 5.85. The van der Waals surface area contributed by atoms with E-state index in [4.69, 9.17) is 14.6 Å². The Morgan fingerprint density at radius 3 is 2.73 bits per heavy atom. The van der Waals surface area contributed by atoms with Gasteiger partial charge in [-0.1, -0.05) is 0 Å². The van der Waals surface area contributed by atoms with Crippen molar-refractivity contribution in [3.05, 3.63) is 34.9 Å². The third-order valence-electron chi connectivity index (χ3n) is 4.05. The van der Waals surface area contributed by atoms with Crippen LogP contribution < -0.4 is 9.47 Å². The summed E-state index contributed by atoms with van der Waals surface area (Å²) >= 11 is 0. The molecule has 3 rings (SSSR count). The first-order chi connectivity index (χ1) is 10.5. The quantitative estimate of drug-likeness (QED) is 0.667. The monoisotopic (exact) mass is 302 g/mol. The van der Waals surface area contributed by atoms with E-state index >= 15 is 0 Å². The summed E-state index contributed by atoms with van der Waals surface area (Å²) in [7, 11) is 0. The molecule has 0 unspecified atom stereocenters. The van der Waals surface area contributed by atoms with E-state index in [0.29, 0.717) is 22.6 Å². The number of ether oxygens (including phenoxy) is 2. The molecule has 1 heterocycles. The van der Waals surface area contributed by atoms with E-state index < -0.39 is 5.60 Å². The summed E-state index contributed by atoms with van der Waals surface area (Å²) in [4.78, 5) is 24.1. The molecular formula is C17H18O5. The largest absolute Gasteiger partial charge is 0.489 e. The van der Waals surface area contributed by atoms with E-state index in [0.717, 1.165) is 18.4 Å². The molecule has 5 nitrogen and oxygen atoms in total. The highest BCUT2D eigenvalue weighted by atomic mass is 16.5. The maximum absolute atomic E-state index is 12.3. The van der Waals surface area contributed by atoms with Crippen molar-refractivity contribution in [2.45, 2.75) is 32.3 Å². The average Bonchev–Trinajstić information content (AvgIpc) is 3.21. The van der Waals surface area contributed by atoms with Crippen LogP contribution in [0.2, 0.25) is 0 Å². The average molecular weight is 302 g/mol. The van der Waals surface area contributed by atoms with Crippen LogP contribution in [0.25, 0.3) is 0 Å². The molecule has 1 N–H and O–H groups in total. The lowest BCUT2D eigenvalue weighted by molar-refractivity contribution is 0.0820. The molecule has 0 amide bonds. The molecule has 0 atom stereocenters. The van der Waals surface area contributed by atoms with Crippen LogP contribution in [0.3, 0.4) is 0 Å². The summed E-state index contributed by atoms with van der Waals surface area (Å²) in [6.07, 6.45) is 3.20. The van der Waals surface area contributed by atoms with Gasteiger partial charge in [0.25, 0.3) is 0 Å². The molecule has 2 aliphatic rings. The predicted octanol–water partition coefficient (Wildman–Crippen LogP) is 2.31. The van der Waals surface area contributed by atoms with E-state index in [1.807, 2.05) is 0 Å². The number of carbonyl (C=O) groups is 2. The maximum atomic E-state index is 12.3. The summed E-state index contributed by atoms with van der Waals surface area (Å²) in [5.74, 6) is 0.696. The molecule has 0 aromatic heterocycles. The van der Waals surface area contributed by atoms with Crippen molar-refractivity contribution in [1.29, 1.82) is 0 Å². The number of aliphatic hydroxyl groups excluding tert-OH is 1. The fourth-order valence-corrected chi connectivity index (χ4v) is 2.50. The predicted molar refractivity (Wildman–Crippen MR) is 79.7 cm³/mol. The Morgan fingerprint density at radius 2 is 2.14 bits per heavy atom. The number of fused-ring (bicyclic) bond motifs is 1. The molecule has 0 radical (unpaired) electrons. The fourth-order valence-electron chi connectivity index (χ4n) is 2.50. The molecule has 0 bridgehead atoms.